The quantitative estimate of drug-likeness (QED) is 0.398. The van der Waals surface area contributed by atoms with Crippen molar-refractivity contribution >= 4 is 39.1 Å². The summed E-state index contributed by atoms with van der Waals surface area (Å²) in [6.45, 7) is 3.44. The lowest BCUT2D eigenvalue weighted by Gasteiger charge is -2.15. The highest BCUT2D eigenvalue weighted by atomic mass is 32.1. The van der Waals surface area contributed by atoms with Gasteiger partial charge in [0.1, 0.15) is 28.1 Å². The zero-order valence-corrected chi connectivity index (χ0v) is 19.7. The van der Waals surface area contributed by atoms with Crippen molar-refractivity contribution in [2.75, 3.05) is 12.4 Å². The molecule has 0 aliphatic heterocycles. The van der Waals surface area contributed by atoms with Gasteiger partial charge in [-0.05, 0) is 49.2 Å². The van der Waals surface area contributed by atoms with E-state index in [0.717, 1.165) is 16.9 Å². The normalized spacial score (nSPS) is 11.7. The molecular weight excluding hydrogens is 454 g/mol. The molecule has 1 unspecified atom stereocenters. The maximum atomic E-state index is 13.2. The monoisotopic (exact) mass is 477 g/mol. The molecule has 2 aromatic heterocycles. The smallest absolute Gasteiger partial charge is 0.349 e. The van der Waals surface area contributed by atoms with Crippen LogP contribution >= 0.6 is 11.3 Å². The van der Waals surface area contributed by atoms with E-state index >= 15 is 0 Å². The summed E-state index contributed by atoms with van der Waals surface area (Å²) in [6.07, 6.45) is 1.33. The molecule has 1 N–H and O–H groups in total. The molecule has 1 atom stereocenters. The maximum absolute atomic E-state index is 13.2. The number of ether oxygens (including phenoxy) is 2. The third-order valence-corrected chi connectivity index (χ3v) is 6.61. The predicted molar refractivity (Wildman–Crippen MR) is 131 cm³/mol. The van der Waals surface area contributed by atoms with Crippen LogP contribution < -0.4 is 15.6 Å². The number of carbonyl (C=O) groups excluding carboxylic acids is 2. The summed E-state index contributed by atoms with van der Waals surface area (Å²) < 4.78 is 11.8. The van der Waals surface area contributed by atoms with Crippen molar-refractivity contribution in [2.24, 2.45) is 0 Å². The topological polar surface area (TPSA) is 99.5 Å². The fraction of sp³-hybridized carbons (Fsp3) is 0.200. The highest BCUT2D eigenvalue weighted by molar-refractivity contribution is 7.20. The number of rotatable bonds is 7. The van der Waals surface area contributed by atoms with Crippen molar-refractivity contribution in [1.29, 1.82) is 0 Å². The lowest BCUT2D eigenvalue weighted by atomic mass is 10.2. The average molecular weight is 478 g/mol. The van der Waals surface area contributed by atoms with Gasteiger partial charge in [0.15, 0.2) is 0 Å². The van der Waals surface area contributed by atoms with E-state index in [2.05, 4.69) is 10.3 Å². The summed E-state index contributed by atoms with van der Waals surface area (Å²) in [5.41, 5.74) is 1.55. The first-order chi connectivity index (χ1) is 16.4. The van der Waals surface area contributed by atoms with Gasteiger partial charge in [0, 0.05) is 5.69 Å². The Balaban J connectivity index is 1.55. The molecule has 4 rings (SSSR count). The van der Waals surface area contributed by atoms with Crippen molar-refractivity contribution in [1.82, 2.24) is 9.55 Å². The van der Waals surface area contributed by atoms with Gasteiger partial charge < -0.3 is 14.8 Å². The number of hydrogen-bond acceptors (Lipinski definition) is 7. The summed E-state index contributed by atoms with van der Waals surface area (Å²) in [7, 11) is 1.56. The SMILES string of the molecule is COc1ccc(NC(=O)C(C)n2cnc3sc(C(=O)OCc4ccccc4)c(C)c3c2=O)cc1. The summed E-state index contributed by atoms with van der Waals surface area (Å²) in [6, 6.07) is 15.4. The van der Waals surface area contributed by atoms with Crippen LogP contribution in [0.3, 0.4) is 0 Å². The minimum Gasteiger partial charge on any atom is -0.497 e. The van der Waals surface area contributed by atoms with Gasteiger partial charge in [-0.25, -0.2) is 9.78 Å². The molecule has 9 heteroatoms. The fourth-order valence-corrected chi connectivity index (χ4v) is 4.48. The molecule has 0 bridgehead atoms. The number of nitrogens with zero attached hydrogens (tertiary/aromatic N) is 2. The Hall–Kier alpha value is -3.98. The maximum Gasteiger partial charge on any atom is 0.349 e. The van der Waals surface area contributed by atoms with E-state index in [0.29, 0.717) is 32.1 Å². The molecule has 0 aliphatic rings. The number of aryl methyl sites for hydroxylation is 1. The van der Waals surface area contributed by atoms with Gasteiger partial charge >= 0.3 is 5.97 Å². The molecule has 0 fully saturated rings. The van der Waals surface area contributed by atoms with E-state index in [1.54, 1.807) is 45.2 Å². The number of carbonyl (C=O) groups is 2. The highest BCUT2D eigenvalue weighted by Gasteiger charge is 2.23. The number of aromatic nitrogens is 2. The van der Waals surface area contributed by atoms with Gasteiger partial charge in [-0.15, -0.1) is 11.3 Å². The molecule has 0 radical (unpaired) electrons. The van der Waals surface area contributed by atoms with Gasteiger partial charge in [0.25, 0.3) is 5.56 Å². The van der Waals surface area contributed by atoms with Crippen molar-refractivity contribution in [3.05, 3.63) is 87.3 Å². The van der Waals surface area contributed by atoms with E-state index in [4.69, 9.17) is 9.47 Å². The number of methoxy groups -OCH3 is 1. The molecule has 174 valence electrons. The van der Waals surface area contributed by atoms with E-state index in [-0.39, 0.29) is 12.5 Å². The minimum atomic E-state index is -0.820. The number of amides is 1. The van der Waals surface area contributed by atoms with E-state index in [1.807, 2.05) is 30.3 Å². The minimum absolute atomic E-state index is 0.133. The first kappa shape index (κ1) is 23.2. The summed E-state index contributed by atoms with van der Waals surface area (Å²) >= 11 is 1.10. The van der Waals surface area contributed by atoms with Crippen LogP contribution in [0.4, 0.5) is 5.69 Å². The molecular formula is C25H23N3O5S. The Kier molecular flexibility index (Phi) is 6.74. The molecule has 34 heavy (non-hydrogen) atoms. The summed E-state index contributed by atoms with van der Waals surface area (Å²) in [4.78, 5) is 43.8. The zero-order chi connectivity index (χ0) is 24.2. The summed E-state index contributed by atoms with van der Waals surface area (Å²) in [5, 5.41) is 3.09. The third-order valence-electron chi connectivity index (χ3n) is 5.43. The van der Waals surface area contributed by atoms with Crippen molar-refractivity contribution < 1.29 is 19.1 Å². The predicted octanol–water partition coefficient (Wildman–Crippen LogP) is 4.33. The Bertz CT molecular complexity index is 1390. The van der Waals surface area contributed by atoms with Crippen molar-refractivity contribution in [2.45, 2.75) is 26.5 Å². The van der Waals surface area contributed by atoms with Crippen LogP contribution in [-0.2, 0) is 16.1 Å². The largest absolute Gasteiger partial charge is 0.497 e. The van der Waals surface area contributed by atoms with Crippen LogP contribution in [0.1, 0.15) is 33.8 Å². The van der Waals surface area contributed by atoms with Crippen LogP contribution in [-0.4, -0.2) is 28.5 Å². The second-order valence-electron chi connectivity index (χ2n) is 7.65. The Morgan fingerprint density at radius 3 is 2.50 bits per heavy atom. The highest BCUT2D eigenvalue weighted by Crippen LogP contribution is 2.28. The Labute approximate surface area is 199 Å². The molecule has 1 amide bonds. The average Bonchev–Trinajstić information content (AvgIpc) is 3.20. The standard InChI is InChI=1S/C25H23N3O5S/c1-15-20-23(34-21(15)25(31)33-13-17-7-5-4-6-8-17)26-14-28(24(20)30)16(2)22(29)27-18-9-11-19(32-3)12-10-18/h4-12,14,16H,13H2,1-3H3,(H,27,29). The van der Waals surface area contributed by atoms with Gasteiger partial charge in [-0.3, -0.25) is 14.2 Å². The number of nitrogens with one attached hydrogen (secondary N) is 1. The molecule has 0 spiro atoms. The lowest BCUT2D eigenvalue weighted by Crippen LogP contribution is -2.31. The number of hydrogen-bond donors (Lipinski definition) is 1. The lowest BCUT2D eigenvalue weighted by molar-refractivity contribution is -0.118. The zero-order valence-electron chi connectivity index (χ0n) is 18.9. The molecule has 8 nitrogen and oxygen atoms in total. The van der Waals surface area contributed by atoms with Crippen LogP contribution in [0.25, 0.3) is 10.2 Å². The van der Waals surface area contributed by atoms with Crippen molar-refractivity contribution in [3.8, 4) is 5.75 Å². The fourth-order valence-electron chi connectivity index (χ4n) is 3.44. The number of benzene rings is 2. The van der Waals surface area contributed by atoms with Gasteiger partial charge in [0.05, 0.1) is 18.8 Å². The third kappa shape index (κ3) is 4.69. The second kappa shape index (κ2) is 9.88. The molecule has 2 aromatic carbocycles. The number of thiophene rings is 1. The Morgan fingerprint density at radius 1 is 1.12 bits per heavy atom. The number of esters is 1. The summed E-state index contributed by atoms with van der Waals surface area (Å²) in [5.74, 6) is -0.215. The molecule has 0 aliphatic carbocycles. The number of fused-ring (bicyclic) bond motifs is 1. The van der Waals surface area contributed by atoms with E-state index < -0.39 is 17.6 Å². The van der Waals surface area contributed by atoms with Crippen LogP contribution in [0, 0.1) is 6.92 Å². The molecule has 4 aromatic rings. The van der Waals surface area contributed by atoms with Crippen LogP contribution in [0.2, 0.25) is 0 Å². The first-order valence-corrected chi connectivity index (χ1v) is 11.4. The van der Waals surface area contributed by atoms with Gasteiger partial charge in [-0.1, -0.05) is 30.3 Å². The number of anilines is 1. The molecule has 2 heterocycles. The Morgan fingerprint density at radius 2 is 1.82 bits per heavy atom. The van der Waals surface area contributed by atoms with E-state index in [1.165, 1.54) is 10.9 Å². The van der Waals surface area contributed by atoms with Crippen LogP contribution in [0.15, 0.2) is 65.7 Å². The molecule has 0 saturated heterocycles. The van der Waals surface area contributed by atoms with Crippen LogP contribution in [0.5, 0.6) is 5.75 Å². The van der Waals surface area contributed by atoms with Gasteiger partial charge in [-0.2, -0.15) is 0 Å². The van der Waals surface area contributed by atoms with E-state index in [9.17, 15) is 14.4 Å². The van der Waals surface area contributed by atoms with Crippen molar-refractivity contribution in [3.63, 3.8) is 0 Å². The first-order valence-electron chi connectivity index (χ1n) is 10.5. The second-order valence-corrected chi connectivity index (χ2v) is 8.65. The molecule has 0 saturated carbocycles. The van der Waals surface area contributed by atoms with Gasteiger partial charge in [0.2, 0.25) is 5.91 Å².